The van der Waals surface area contributed by atoms with E-state index in [1.165, 1.54) is 51.8 Å². The third kappa shape index (κ3) is 9.02. The smallest absolute Gasteiger partial charge is 0.295 e. The molecule has 4 aromatic carbocycles. The van der Waals surface area contributed by atoms with Gasteiger partial charge in [-0.3, -0.25) is 28.8 Å². The molecular formula is C50H41ClFN7O7S2. The zero-order valence-corrected chi connectivity index (χ0v) is 38.8. The van der Waals surface area contributed by atoms with E-state index in [4.69, 9.17) is 16.3 Å². The van der Waals surface area contributed by atoms with Crippen LogP contribution in [0.5, 0.6) is 5.75 Å². The molecule has 4 amide bonds. The monoisotopic (exact) mass is 969 g/mol. The number of amides is 4. The second-order valence-electron chi connectivity index (χ2n) is 15.8. The Kier molecular flexibility index (Phi) is 13.3. The maximum Gasteiger partial charge on any atom is 0.295 e. The van der Waals surface area contributed by atoms with E-state index in [0.29, 0.717) is 82.5 Å². The van der Waals surface area contributed by atoms with Crippen LogP contribution in [-0.4, -0.2) is 129 Å². The maximum absolute atomic E-state index is 14.8. The molecule has 2 aliphatic heterocycles. The molecule has 0 atom stereocenters. The van der Waals surface area contributed by atoms with Crippen molar-refractivity contribution in [1.29, 1.82) is 0 Å². The minimum atomic E-state index is -0.783. The fourth-order valence-electron chi connectivity index (χ4n) is 8.42. The van der Waals surface area contributed by atoms with Crippen LogP contribution in [0, 0.1) is 5.82 Å². The number of hydrogen-bond donors (Lipinski definition) is 2. The molecule has 344 valence electrons. The summed E-state index contributed by atoms with van der Waals surface area (Å²) in [5.74, 6) is -2.96. The number of ether oxygens (including phenoxy) is 1. The van der Waals surface area contributed by atoms with Crippen LogP contribution in [0.4, 0.5) is 4.39 Å². The molecule has 18 heteroatoms. The van der Waals surface area contributed by atoms with E-state index in [0.717, 1.165) is 15.4 Å². The molecule has 2 N–H and O–H groups in total. The van der Waals surface area contributed by atoms with Crippen molar-refractivity contribution in [3.63, 3.8) is 0 Å². The summed E-state index contributed by atoms with van der Waals surface area (Å²) in [4.78, 5) is 95.3. The number of methoxy groups -OCH3 is 1. The van der Waals surface area contributed by atoms with Gasteiger partial charge in [0.25, 0.3) is 35.2 Å². The average molecular weight is 971 g/mol. The Bertz CT molecular complexity index is 3190. The standard InChI is InChI=1S/C25H19ClFN3O3S.C25H22N4O4S/c26-20-9-8-19(34-20)16-6-7-18(27)21-17(14-28-22(16)21)23(31)25(33)30-12-10-29(11-13-30)24(32)15-4-2-1-3-5-15;1-33-19-8-7-17(23-26-9-14-34-23)21-20(19)18(15-27-21)22(30)25(32)29-12-10-28(11-13-29)24(31)16-5-3-2-4-6-16/h1-9,14,28H,10-13H2;2-9,14-15,27H,10-13H2,1H3. The van der Waals surface area contributed by atoms with Crippen LogP contribution < -0.4 is 4.74 Å². The van der Waals surface area contributed by atoms with Gasteiger partial charge in [-0.05, 0) is 60.7 Å². The molecule has 2 saturated heterocycles. The quantitative estimate of drug-likeness (QED) is 0.108. The summed E-state index contributed by atoms with van der Waals surface area (Å²) in [6, 6.07) is 28.1. The van der Waals surface area contributed by atoms with Crippen LogP contribution >= 0.6 is 34.3 Å². The van der Waals surface area contributed by atoms with Crippen molar-refractivity contribution in [1.82, 2.24) is 34.6 Å². The van der Waals surface area contributed by atoms with Gasteiger partial charge in [-0.15, -0.1) is 22.7 Å². The number of benzene rings is 4. The van der Waals surface area contributed by atoms with Gasteiger partial charge >= 0.3 is 0 Å². The first-order valence-electron chi connectivity index (χ1n) is 21.5. The van der Waals surface area contributed by atoms with Crippen molar-refractivity contribution in [3.05, 3.63) is 153 Å². The van der Waals surface area contributed by atoms with Crippen LogP contribution in [0.25, 0.3) is 42.8 Å². The summed E-state index contributed by atoms with van der Waals surface area (Å²) < 4.78 is 20.9. The van der Waals surface area contributed by atoms with Gasteiger partial charge in [0.1, 0.15) is 16.6 Å². The van der Waals surface area contributed by atoms with Crippen LogP contribution in [0.1, 0.15) is 41.4 Å². The van der Waals surface area contributed by atoms with Crippen molar-refractivity contribution < 1.29 is 37.9 Å². The van der Waals surface area contributed by atoms with E-state index in [2.05, 4.69) is 15.0 Å². The number of Topliss-reactive ketones (excluding diaryl/α,β-unsaturated/α-hetero) is 2. The van der Waals surface area contributed by atoms with Gasteiger partial charge in [0.15, 0.2) is 0 Å². The zero-order chi connectivity index (χ0) is 47.5. The minimum absolute atomic E-state index is 0.00945. The molecule has 0 aliphatic carbocycles. The summed E-state index contributed by atoms with van der Waals surface area (Å²) in [5, 5.41) is 3.33. The number of hydrogen-bond acceptors (Lipinski definition) is 10. The van der Waals surface area contributed by atoms with Crippen molar-refractivity contribution in [2.24, 2.45) is 0 Å². The Balaban J connectivity index is 0.000000170. The number of halogens is 2. The van der Waals surface area contributed by atoms with Gasteiger partial charge < -0.3 is 34.3 Å². The maximum atomic E-state index is 14.8. The molecular weight excluding hydrogens is 929 g/mol. The summed E-state index contributed by atoms with van der Waals surface area (Å²) >= 11 is 8.87. The highest BCUT2D eigenvalue weighted by molar-refractivity contribution is 7.19. The predicted octanol–water partition coefficient (Wildman–Crippen LogP) is 8.32. The first-order chi connectivity index (χ1) is 33.0. The second kappa shape index (κ2) is 19.8. The third-order valence-electron chi connectivity index (χ3n) is 11.9. The summed E-state index contributed by atoms with van der Waals surface area (Å²) in [6.07, 6.45) is 4.65. The van der Waals surface area contributed by atoms with Crippen molar-refractivity contribution in [2.45, 2.75) is 0 Å². The first kappa shape index (κ1) is 45.7. The van der Waals surface area contributed by atoms with Crippen LogP contribution in [-0.2, 0) is 9.59 Å². The van der Waals surface area contributed by atoms with Crippen LogP contribution in [0.15, 0.2) is 121 Å². The number of carbonyl (C=O) groups is 6. The number of piperazine rings is 2. The molecule has 4 aromatic heterocycles. The number of aromatic amines is 2. The number of ketones is 2. The van der Waals surface area contributed by atoms with Crippen LogP contribution in [0.2, 0.25) is 4.34 Å². The number of H-pyrrole nitrogens is 2. The average Bonchev–Trinajstić information content (AvgIpc) is 4.24. The minimum Gasteiger partial charge on any atom is -0.496 e. The van der Waals surface area contributed by atoms with Gasteiger partial charge in [0, 0.05) is 109 Å². The second-order valence-corrected chi connectivity index (χ2v) is 18.4. The Morgan fingerprint density at radius 3 is 1.60 bits per heavy atom. The molecule has 10 rings (SSSR count). The summed E-state index contributed by atoms with van der Waals surface area (Å²) in [5.41, 5.74) is 4.12. The molecule has 2 fully saturated rings. The fourth-order valence-corrected chi connectivity index (χ4v) is 10.2. The first-order valence-corrected chi connectivity index (χ1v) is 23.6. The normalized spacial score (nSPS) is 13.9. The van der Waals surface area contributed by atoms with E-state index >= 15 is 0 Å². The van der Waals surface area contributed by atoms with Gasteiger partial charge in [-0.1, -0.05) is 48.0 Å². The summed E-state index contributed by atoms with van der Waals surface area (Å²) in [7, 11) is 1.53. The highest BCUT2D eigenvalue weighted by Crippen LogP contribution is 2.39. The largest absolute Gasteiger partial charge is 0.496 e. The van der Waals surface area contributed by atoms with E-state index in [1.54, 1.807) is 76.8 Å². The Labute approximate surface area is 401 Å². The highest BCUT2D eigenvalue weighted by atomic mass is 35.5. The lowest BCUT2D eigenvalue weighted by Crippen LogP contribution is -2.52. The molecule has 0 unspecified atom stereocenters. The number of aromatic nitrogens is 3. The molecule has 2 aliphatic rings. The number of nitrogens with zero attached hydrogens (tertiary/aromatic N) is 5. The van der Waals surface area contributed by atoms with Crippen molar-refractivity contribution >= 4 is 91.3 Å². The Hall–Kier alpha value is -7.47. The lowest BCUT2D eigenvalue weighted by atomic mass is 10.0. The number of rotatable bonds is 9. The lowest BCUT2D eigenvalue weighted by Gasteiger charge is -2.34. The van der Waals surface area contributed by atoms with Crippen molar-refractivity contribution in [2.75, 3.05) is 59.5 Å². The van der Waals surface area contributed by atoms with Gasteiger partial charge in [0.05, 0.1) is 39.0 Å². The highest BCUT2D eigenvalue weighted by Gasteiger charge is 2.33. The van der Waals surface area contributed by atoms with E-state index in [-0.39, 0.29) is 41.4 Å². The fraction of sp³-hybridized carbons (Fsp3) is 0.180. The molecule has 0 saturated carbocycles. The van der Waals surface area contributed by atoms with E-state index < -0.39 is 29.2 Å². The third-order valence-corrected chi connectivity index (χ3v) is 14.0. The van der Waals surface area contributed by atoms with E-state index in [1.807, 2.05) is 41.8 Å². The Morgan fingerprint density at radius 1 is 0.618 bits per heavy atom. The Morgan fingerprint density at radius 2 is 1.12 bits per heavy atom. The molecule has 0 radical (unpaired) electrons. The molecule has 14 nitrogen and oxygen atoms in total. The zero-order valence-electron chi connectivity index (χ0n) is 36.4. The van der Waals surface area contributed by atoms with Gasteiger partial charge in [-0.25, -0.2) is 9.37 Å². The molecule has 6 heterocycles. The SMILES string of the molecule is COc1ccc(-c2nccs2)c2[nH]cc(C(=O)C(=O)N3CCN(C(=O)c4ccccc4)CC3)c12.O=C(C(=O)N1CCN(C(=O)c2ccccc2)CC1)c1c[nH]c2c(-c3ccc(Cl)s3)ccc(F)c12. The van der Waals surface area contributed by atoms with E-state index in [9.17, 15) is 33.2 Å². The number of nitrogens with one attached hydrogen (secondary N) is 2. The molecule has 0 spiro atoms. The summed E-state index contributed by atoms with van der Waals surface area (Å²) in [6.45, 7) is 2.44. The molecule has 68 heavy (non-hydrogen) atoms. The number of carbonyl (C=O) groups excluding carboxylic acids is 6. The van der Waals surface area contributed by atoms with Gasteiger partial charge in [0.2, 0.25) is 0 Å². The topological polar surface area (TPSA) is 169 Å². The molecule has 8 aromatic rings. The molecule has 0 bridgehead atoms. The van der Waals surface area contributed by atoms with Crippen LogP contribution in [0.3, 0.4) is 0 Å². The number of fused-ring (bicyclic) bond motifs is 2. The number of thiophene rings is 1. The van der Waals surface area contributed by atoms with Gasteiger partial charge in [-0.2, -0.15) is 0 Å². The lowest BCUT2D eigenvalue weighted by molar-refractivity contribution is -0.128. The predicted molar refractivity (Wildman–Crippen MR) is 259 cm³/mol. The number of thiazole rings is 1. The van der Waals surface area contributed by atoms with Crippen molar-refractivity contribution in [3.8, 4) is 26.8 Å².